The summed E-state index contributed by atoms with van der Waals surface area (Å²) in [7, 11) is 0. The van der Waals surface area contributed by atoms with Crippen molar-refractivity contribution in [2.24, 2.45) is 5.73 Å². The number of hydrogen-bond donors (Lipinski definition) is 1. The van der Waals surface area contributed by atoms with Gasteiger partial charge in [-0.1, -0.05) is 0 Å². The Bertz CT molecular complexity index is 494. The molecule has 0 saturated carbocycles. The van der Waals surface area contributed by atoms with Crippen LogP contribution in [0.25, 0.3) is 5.69 Å². The van der Waals surface area contributed by atoms with Crippen LogP contribution in [-0.4, -0.2) is 16.1 Å². The molecule has 0 aliphatic heterocycles. The van der Waals surface area contributed by atoms with Crippen LogP contribution in [0.2, 0.25) is 0 Å². The van der Waals surface area contributed by atoms with Crippen molar-refractivity contribution in [1.29, 1.82) is 0 Å². The molecule has 5 heteroatoms. The van der Waals surface area contributed by atoms with Gasteiger partial charge >= 0.3 is 0 Å². The van der Waals surface area contributed by atoms with Gasteiger partial charge in [-0.15, -0.1) is 0 Å². The second-order valence-electron chi connectivity index (χ2n) is 3.39. The van der Waals surface area contributed by atoms with Gasteiger partial charge in [0.1, 0.15) is 11.6 Å². The number of halogens is 2. The summed E-state index contributed by atoms with van der Waals surface area (Å²) in [6, 6.07) is 3.31. The fourth-order valence-electron chi connectivity index (χ4n) is 1.54. The fraction of sp³-hybridized carbons (Fsp3) is 0.182. The van der Waals surface area contributed by atoms with E-state index in [1.807, 2.05) is 0 Å². The van der Waals surface area contributed by atoms with Crippen LogP contribution in [0.5, 0.6) is 0 Å². The van der Waals surface area contributed by atoms with Gasteiger partial charge in [-0.25, -0.2) is 13.8 Å². The van der Waals surface area contributed by atoms with Gasteiger partial charge in [0.25, 0.3) is 0 Å². The van der Waals surface area contributed by atoms with Gasteiger partial charge < -0.3 is 10.3 Å². The van der Waals surface area contributed by atoms with E-state index in [2.05, 4.69) is 4.98 Å². The molecule has 0 amide bonds. The van der Waals surface area contributed by atoms with Crippen LogP contribution in [0.1, 0.15) is 5.69 Å². The molecule has 0 spiro atoms. The molecule has 0 bridgehead atoms. The van der Waals surface area contributed by atoms with Gasteiger partial charge in [0.2, 0.25) is 0 Å². The summed E-state index contributed by atoms with van der Waals surface area (Å²) in [5.41, 5.74) is 6.34. The molecule has 2 rings (SSSR count). The van der Waals surface area contributed by atoms with E-state index in [4.69, 9.17) is 5.73 Å². The third kappa shape index (κ3) is 1.94. The monoisotopic (exact) mass is 223 g/mol. The maximum atomic E-state index is 13.5. The molecule has 0 radical (unpaired) electrons. The van der Waals surface area contributed by atoms with Gasteiger partial charge in [-0.3, -0.25) is 0 Å². The first kappa shape index (κ1) is 10.8. The molecule has 0 aliphatic carbocycles. The predicted molar refractivity (Wildman–Crippen MR) is 56.2 cm³/mol. The summed E-state index contributed by atoms with van der Waals surface area (Å²) in [4.78, 5) is 3.91. The molecule has 0 unspecified atom stereocenters. The molecule has 16 heavy (non-hydrogen) atoms. The van der Waals surface area contributed by atoms with Crippen molar-refractivity contribution in [3.63, 3.8) is 0 Å². The van der Waals surface area contributed by atoms with Crippen molar-refractivity contribution in [3.05, 3.63) is 48.1 Å². The third-order valence-electron chi connectivity index (χ3n) is 2.28. The van der Waals surface area contributed by atoms with E-state index in [0.717, 1.165) is 23.9 Å². The fourth-order valence-corrected chi connectivity index (χ4v) is 1.54. The topological polar surface area (TPSA) is 43.8 Å². The Morgan fingerprint density at radius 1 is 1.31 bits per heavy atom. The van der Waals surface area contributed by atoms with Gasteiger partial charge in [0.15, 0.2) is 0 Å². The second kappa shape index (κ2) is 4.40. The Labute approximate surface area is 91.5 Å². The zero-order valence-electron chi connectivity index (χ0n) is 8.53. The molecular weight excluding hydrogens is 212 g/mol. The van der Waals surface area contributed by atoms with E-state index in [9.17, 15) is 8.78 Å². The zero-order chi connectivity index (χ0) is 11.5. The minimum absolute atomic E-state index is 0.154. The van der Waals surface area contributed by atoms with Gasteiger partial charge in [-0.2, -0.15) is 0 Å². The van der Waals surface area contributed by atoms with Crippen molar-refractivity contribution in [3.8, 4) is 5.69 Å². The molecule has 84 valence electrons. The number of aromatic nitrogens is 2. The standard InChI is InChI=1S/C11H11F2N3/c12-8-1-2-10(13)11(5-8)16-7-15-6-9(16)3-4-14/h1-2,5-7H,3-4,14H2. The van der Waals surface area contributed by atoms with Crippen molar-refractivity contribution in [1.82, 2.24) is 9.55 Å². The van der Waals surface area contributed by atoms with E-state index in [1.54, 1.807) is 6.20 Å². The van der Waals surface area contributed by atoms with Crippen molar-refractivity contribution in [2.75, 3.05) is 6.54 Å². The largest absolute Gasteiger partial charge is 0.330 e. The molecule has 1 aromatic carbocycles. The number of rotatable bonds is 3. The normalized spacial score (nSPS) is 10.7. The highest BCUT2D eigenvalue weighted by Gasteiger charge is 2.09. The Kier molecular flexibility index (Phi) is 2.96. The molecule has 1 heterocycles. The van der Waals surface area contributed by atoms with E-state index in [-0.39, 0.29) is 5.69 Å². The number of imidazole rings is 1. The van der Waals surface area contributed by atoms with E-state index in [1.165, 1.54) is 10.9 Å². The maximum absolute atomic E-state index is 13.5. The number of hydrogen-bond acceptors (Lipinski definition) is 2. The molecule has 0 fully saturated rings. The number of benzene rings is 1. The average molecular weight is 223 g/mol. The van der Waals surface area contributed by atoms with Gasteiger partial charge in [0.05, 0.1) is 12.0 Å². The lowest BCUT2D eigenvalue weighted by Crippen LogP contribution is -2.08. The van der Waals surface area contributed by atoms with Gasteiger partial charge in [0, 0.05) is 24.4 Å². The Morgan fingerprint density at radius 2 is 2.12 bits per heavy atom. The summed E-state index contributed by atoms with van der Waals surface area (Å²) >= 11 is 0. The minimum Gasteiger partial charge on any atom is -0.330 e. The summed E-state index contributed by atoms with van der Waals surface area (Å²) in [6.45, 7) is 0.433. The molecule has 2 aromatic rings. The maximum Gasteiger partial charge on any atom is 0.147 e. The van der Waals surface area contributed by atoms with Crippen molar-refractivity contribution >= 4 is 0 Å². The third-order valence-corrected chi connectivity index (χ3v) is 2.28. The Balaban J connectivity index is 2.49. The van der Waals surface area contributed by atoms with Crippen molar-refractivity contribution in [2.45, 2.75) is 6.42 Å². The lowest BCUT2D eigenvalue weighted by atomic mass is 10.2. The van der Waals surface area contributed by atoms with Crippen LogP contribution >= 0.6 is 0 Å². The van der Waals surface area contributed by atoms with Crippen LogP contribution < -0.4 is 5.73 Å². The van der Waals surface area contributed by atoms with Gasteiger partial charge in [-0.05, 0) is 18.7 Å². The molecular formula is C11H11F2N3. The molecule has 1 aromatic heterocycles. The van der Waals surface area contributed by atoms with Crippen LogP contribution in [0.4, 0.5) is 8.78 Å². The highest BCUT2D eigenvalue weighted by atomic mass is 19.1. The molecule has 0 saturated heterocycles. The Morgan fingerprint density at radius 3 is 2.88 bits per heavy atom. The summed E-state index contributed by atoms with van der Waals surface area (Å²) < 4.78 is 28.0. The SMILES string of the molecule is NCCc1cncn1-c1cc(F)ccc1F. The molecule has 0 atom stereocenters. The van der Waals surface area contributed by atoms with E-state index in [0.29, 0.717) is 13.0 Å². The van der Waals surface area contributed by atoms with Crippen LogP contribution in [0, 0.1) is 11.6 Å². The quantitative estimate of drug-likeness (QED) is 0.859. The smallest absolute Gasteiger partial charge is 0.147 e. The van der Waals surface area contributed by atoms with E-state index >= 15 is 0 Å². The highest BCUT2D eigenvalue weighted by Crippen LogP contribution is 2.17. The van der Waals surface area contributed by atoms with Crippen molar-refractivity contribution < 1.29 is 8.78 Å². The minimum atomic E-state index is -0.488. The number of nitrogens with two attached hydrogens (primary N) is 1. The molecule has 2 N–H and O–H groups in total. The summed E-state index contributed by atoms with van der Waals surface area (Å²) in [6.07, 6.45) is 3.61. The lowest BCUT2D eigenvalue weighted by Gasteiger charge is -2.08. The lowest BCUT2D eigenvalue weighted by molar-refractivity contribution is 0.590. The number of nitrogens with zero attached hydrogens (tertiary/aromatic N) is 2. The average Bonchev–Trinajstić information content (AvgIpc) is 2.70. The second-order valence-corrected chi connectivity index (χ2v) is 3.39. The molecule has 0 aliphatic rings. The molecule has 3 nitrogen and oxygen atoms in total. The first-order valence-corrected chi connectivity index (χ1v) is 4.89. The summed E-state index contributed by atoms with van der Waals surface area (Å²) in [5.74, 6) is -0.971. The first-order chi connectivity index (χ1) is 7.72. The Hall–Kier alpha value is -1.75. The van der Waals surface area contributed by atoms with E-state index < -0.39 is 11.6 Å². The predicted octanol–water partition coefficient (Wildman–Crippen LogP) is 1.65. The first-order valence-electron chi connectivity index (χ1n) is 4.89. The highest BCUT2D eigenvalue weighted by molar-refractivity contribution is 5.35. The zero-order valence-corrected chi connectivity index (χ0v) is 8.53. The summed E-state index contributed by atoms with van der Waals surface area (Å²) in [5, 5.41) is 0. The van der Waals surface area contributed by atoms with Crippen LogP contribution in [0.15, 0.2) is 30.7 Å². The van der Waals surface area contributed by atoms with Crippen LogP contribution in [-0.2, 0) is 6.42 Å². The van der Waals surface area contributed by atoms with Crippen LogP contribution in [0.3, 0.4) is 0 Å².